The third-order valence-electron chi connectivity index (χ3n) is 5.57. The predicted molar refractivity (Wildman–Crippen MR) is 111 cm³/mol. The number of nitrogens with zero attached hydrogens (tertiary/aromatic N) is 2. The maximum Gasteiger partial charge on any atom is 0.0744 e. The Labute approximate surface area is 157 Å². The van der Waals surface area contributed by atoms with E-state index in [2.05, 4.69) is 29.2 Å². The minimum atomic E-state index is 0.650. The summed E-state index contributed by atoms with van der Waals surface area (Å²) in [7, 11) is 0. The zero-order valence-corrected chi connectivity index (χ0v) is 15.0. The third kappa shape index (κ3) is 2.48. The molecule has 2 aromatic heterocycles. The number of anilines is 1. The molecule has 0 amide bonds. The Bertz CT molecular complexity index is 1210. The van der Waals surface area contributed by atoms with Gasteiger partial charge in [-0.05, 0) is 67.1 Å². The lowest BCUT2D eigenvalue weighted by atomic mass is 9.84. The number of nitrogens with two attached hydrogens (primary N) is 1. The topological polar surface area (TPSA) is 75.7 Å². The number of fused-ring (bicyclic) bond motifs is 4. The van der Waals surface area contributed by atoms with Crippen LogP contribution in [0.5, 0.6) is 0 Å². The quantitative estimate of drug-likeness (QED) is 0.397. The first-order chi connectivity index (χ1) is 13.3. The summed E-state index contributed by atoms with van der Waals surface area (Å²) >= 11 is 0. The number of nitrogen functional groups attached to an aromatic ring is 1. The Morgan fingerprint density at radius 1 is 0.963 bits per heavy atom. The highest BCUT2D eigenvalue weighted by Crippen LogP contribution is 2.37. The number of aryl methyl sites for hydroxylation is 1. The average molecular weight is 352 g/mol. The van der Waals surface area contributed by atoms with Gasteiger partial charge in [0.25, 0.3) is 0 Å². The summed E-state index contributed by atoms with van der Waals surface area (Å²) < 4.78 is 0. The molecule has 0 saturated carbocycles. The number of aromatic nitrogens is 2. The molecule has 2 aromatic carbocycles. The van der Waals surface area contributed by atoms with Crippen molar-refractivity contribution in [3.8, 4) is 11.3 Å². The smallest absolute Gasteiger partial charge is 0.0744 e. The van der Waals surface area contributed by atoms with Gasteiger partial charge in [0.15, 0.2) is 0 Å². The van der Waals surface area contributed by atoms with Crippen LogP contribution in [0.15, 0.2) is 48.7 Å². The molecule has 0 atom stereocenters. The summed E-state index contributed by atoms with van der Waals surface area (Å²) in [6.07, 6.45) is 7.56. The Morgan fingerprint density at radius 2 is 1.78 bits per heavy atom. The predicted octanol–water partition coefficient (Wildman–Crippen LogP) is 4.91. The summed E-state index contributed by atoms with van der Waals surface area (Å²) in [5.74, 6) is 0. The van der Waals surface area contributed by atoms with Crippen molar-refractivity contribution in [1.29, 1.82) is 5.41 Å². The molecule has 3 N–H and O–H groups in total. The van der Waals surface area contributed by atoms with E-state index < -0.39 is 0 Å². The summed E-state index contributed by atoms with van der Waals surface area (Å²) in [6, 6.07) is 14.3. The summed E-state index contributed by atoms with van der Waals surface area (Å²) in [5.41, 5.74) is 14.3. The SMILES string of the molecule is N=Cc1c(N)ccc2nc(-c3ccc4ncccc4c3)c3c(c12)CCCC3. The van der Waals surface area contributed by atoms with Gasteiger partial charge in [0.05, 0.1) is 16.7 Å². The number of hydrogen-bond donors (Lipinski definition) is 2. The number of rotatable bonds is 2. The lowest BCUT2D eigenvalue weighted by Crippen LogP contribution is -2.09. The van der Waals surface area contributed by atoms with Crippen LogP contribution in [0, 0.1) is 5.41 Å². The third-order valence-corrected chi connectivity index (χ3v) is 5.57. The molecule has 0 unspecified atom stereocenters. The highest BCUT2D eigenvalue weighted by molar-refractivity contribution is 6.05. The van der Waals surface area contributed by atoms with Gasteiger partial charge < -0.3 is 11.1 Å². The van der Waals surface area contributed by atoms with Crippen molar-refractivity contribution in [2.45, 2.75) is 25.7 Å². The van der Waals surface area contributed by atoms with E-state index in [-0.39, 0.29) is 0 Å². The van der Waals surface area contributed by atoms with Gasteiger partial charge in [-0.15, -0.1) is 0 Å². The molecule has 0 aliphatic heterocycles. The Balaban J connectivity index is 1.84. The lowest BCUT2D eigenvalue weighted by Gasteiger charge is -2.23. The van der Waals surface area contributed by atoms with E-state index in [0.717, 1.165) is 51.5 Å². The summed E-state index contributed by atoms with van der Waals surface area (Å²) in [4.78, 5) is 9.46. The van der Waals surface area contributed by atoms with Crippen LogP contribution >= 0.6 is 0 Å². The number of nitrogens with one attached hydrogen (secondary N) is 1. The van der Waals surface area contributed by atoms with E-state index in [4.69, 9.17) is 16.1 Å². The van der Waals surface area contributed by atoms with Crippen LogP contribution in [0.2, 0.25) is 0 Å². The molecule has 4 heteroatoms. The maximum absolute atomic E-state index is 7.85. The van der Waals surface area contributed by atoms with Gasteiger partial charge >= 0.3 is 0 Å². The normalized spacial score (nSPS) is 13.6. The van der Waals surface area contributed by atoms with Crippen molar-refractivity contribution < 1.29 is 0 Å². The lowest BCUT2D eigenvalue weighted by molar-refractivity contribution is 0.689. The number of pyridine rings is 2. The first-order valence-electron chi connectivity index (χ1n) is 9.36. The fraction of sp³-hybridized carbons (Fsp3) is 0.174. The van der Waals surface area contributed by atoms with Crippen molar-refractivity contribution in [3.63, 3.8) is 0 Å². The van der Waals surface area contributed by atoms with Crippen molar-refractivity contribution in [2.75, 3.05) is 5.73 Å². The van der Waals surface area contributed by atoms with Gasteiger partial charge in [-0.25, -0.2) is 4.98 Å². The van der Waals surface area contributed by atoms with Crippen molar-refractivity contribution >= 4 is 33.7 Å². The number of hydrogen-bond acceptors (Lipinski definition) is 4. The fourth-order valence-electron chi connectivity index (χ4n) is 4.28. The van der Waals surface area contributed by atoms with Gasteiger partial charge in [-0.1, -0.05) is 12.1 Å². The second kappa shape index (κ2) is 6.16. The van der Waals surface area contributed by atoms with Gasteiger partial charge in [0.1, 0.15) is 0 Å². The number of benzene rings is 2. The molecule has 0 saturated heterocycles. The highest BCUT2D eigenvalue weighted by Gasteiger charge is 2.21. The molecule has 0 spiro atoms. The van der Waals surface area contributed by atoms with Gasteiger partial charge in [0, 0.05) is 40.0 Å². The molecule has 5 rings (SSSR count). The van der Waals surface area contributed by atoms with Gasteiger partial charge in [0.2, 0.25) is 0 Å². The van der Waals surface area contributed by atoms with Crippen LogP contribution < -0.4 is 5.73 Å². The second-order valence-corrected chi connectivity index (χ2v) is 7.14. The fourth-order valence-corrected chi connectivity index (χ4v) is 4.28. The molecular formula is C23H20N4. The Kier molecular flexibility index (Phi) is 3.64. The standard InChI is InChI=1S/C23H20N4/c24-13-18-19(25)8-10-21-22(18)16-5-1-2-6-17(16)23(27-21)15-7-9-20-14(12-15)4-3-11-26-20/h3-4,7-13,24H,1-2,5-6,25H2. The highest BCUT2D eigenvalue weighted by atomic mass is 14.7. The van der Waals surface area contributed by atoms with Crippen LogP contribution in [0.25, 0.3) is 33.1 Å². The van der Waals surface area contributed by atoms with Crippen LogP contribution in [0.3, 0.4) is 0 Å². The Morgan fingerprint density at radius 3 is 2.63 bits per heavy atom. The van der Waals surface area contributed by atoms with E-state index in [9.17, 15) is 0 Å². The Hall–Kier alpha value is -3.27. The van der Waals surface area contributed by atoms with E-state index >= 15 is 0 Å². The minimum Gasteiger partial charge on any atom is -0.398 e. The zero-order chi connectivity index (χ0) is 18.4. The monoisotopic (exact) mass is 352 g/mol. The van der Waals surface area contributed by atoms with Gasteiger partial charge in [-0.3, -0.25) is 4.98 Å². The van der Waals surface area contributed by atoms with Crippen LogP contribution in [-0.2, 0) is 12.8 Å². The molecule has 1 aliphatic rings. The summed E-state index contributed by atoms with van der Waals surface area (Å²) in [6.45, 7) is 0. The summed E-state index contributed by atoms with van der Waals surface area (Å²) in [5, 5.41) is 10.0. The zero-order valence-electron chi connectivity index (χ0n) is 15.0. The van der Waals surface area contributed by atoms with Gasteiger partial charge in [-0.2, -0.15) is 0 Å². The molecule has 132 valence electrons. The van der Waals surface area contributed by atoms with Crippen molar-refractivity contribution in [2.24, 2.45) is 0 Å². The van der Waals surface area contributed by atoms with Crippen LogP contribution in [0.1, 0.15) is 29.5 Å². The molecule has 27 heavy (non-hydrogen) atoms. The average Bonchev–Trinajstić information content (AvgIpc) is 2.73. The molecule has 2 heterocycles. The first kappa shape index (κ1) is 15.9. The molecule has 4 nitrogen and oxygen atoms in total. The van der Waals surface area contributed by atoms with Crippen LogP contribution in [0.4, 0.5) is 5.69 Å². The maximum atomic E-state index is 7.85. The molecule has 0 fully saturated rings. The van der Waals surface area contributed by atoms with E-state index in [1.54, 1.807) is 0 Å². The molecule has 1 aliphatic carbocycles. The van der Waals surface area contributed by atoms with Crippen LogP contribution in [-0.4, -0.2) is 16.2 Å². The largest absolute Gasteiger partial charge is 0.398 e. The second-order valence-electron chi connectivity index (χ2n) is 7.14. The van der Waals surface area contributed by atoms with E-state index in [1.807, 2.05) is 24.4 Å². The van der Waals surface area contributed by atoms with Crippen molar-refractivity contribution in [1.82, 2.24) is 9.97 Å². The molecule has 4 aromatic rings. The first-order valence-corrected chi connectivity index (χ1v) is 9.36. The molecule has 0 bridgehead atoms. The van der Waals surface area contributed by atoms with E-state index in [0.29, 0.717) is 5.69 Å². The molecule has 0 radical (unpaired) electrons. The van der Waals surface area contributed by atoms with E-state index in [1.165, 1.54) is 30.2 Å². The minimum absolute atomic E-state index is 0.650. The van der Waals surface area contributed by atoms with Crippen molar-refractivity contribution in [3.05, 3.63) is 65.4 Å². The molecular weight excluding hydrogens is 332 g/mol.